The molecule has 1 N–H and O–H groups in total. The summed E-state index contributed by atoms with van der Waals surface area (Å²) in [5, 5.41) is 9.00. The van der Waals surface area contributed by atoms with Crippen LogP contribution in [0.25, 0.3) is 0 Å². The van der Waals surface area contributed by atoms with Crippen LogP contribution in [0.4, 0.5) is 0 Å². The molecule has 84 valence electrons. The highest BCUT2D eigenvalue weighted by molar-refractivity contribution is 9.12. The van der Waals surface area contributed by atoms with Crippen LogP contribution in [0.1, 0.15) is 13.8 Å². The van der Waals surface area contributed by atoms with Gasteiger partial charge in [-0.15, -0.1) is 0 Å². The Labute approximate surface area is 96.4 Å². The van der Waals surface area contributed by atoms with Gasteiger partial charge in [-0.25, -0.2) is 4.79 Å². The topological polar surface area (TPSA) is 63.6 Å². The summed E-state index contributed by atoms with van der Waals surface area (Å²) in [7, 11) is 1.28. The van der Waals surface area contributed by atoms with Crippen molar-refractivity contribution in [3.63, 3.8) is 0 Å². The normalized spacial score (nSPS) is 34.8. The lowest BCUT2D eigenvalue weighted by Crippen LogP contribution is -2.14. The molecule has 0 radical (unpaired) electrons. The second-order valence-electron chi connectivity index (χ2n) is 3.91. The quantitative estimate of drug-likeness (QED) is 0.631. The van der Waals surface area contributed by atoms with E-state index in [9.17, 15) is 9.59 Å². The fourth-order valence-corrected chi connectivity index (χ4v) is 2.19. The lowest BCUT2D eigenvalue weighted by atomic mass is 10.1. The van der Waals surface area contributed by atoms with Crippen LogP contribution in [-0.4, -0.2) is 24.2 Å². The highest BCUT2D eigenvalue weighted by Crippen LogP contribution is 2.59. The van der Waals surface area contributed by atoms with Crippen molar-refractivity contribution in [3.05, 3.63) is 10.6 Å². The Morgan fingerprint density at radius 2 is 2.07 bits per heavy atom. The van der Waals surface area contributed by atoms with Crippen molar-refractivity contribution >= 4 is 27.9 Å². The van der Waals surface area contributed by atoms with Crippen molar-refractivity contribution in [1.82, 2.24) is 0 Å². The second-order valence-corrected chi connectivity index (χ2v) is 4.76. The SMILES string of the molecule is COC(=O)/C(Br)=C\C1C(C)C1(C)C(=O)O. The zero-order valence-corrected chi connectivity index (χ0v) is 10.4. The van der Waals surface area contributed by atoms with E-state index in [2.05, 4.69) is 20.7 Å². The molecule has 0 aromatic carbocycles. The third-order valence-electron chi connectivity index (χ3n) is 3.24. The molecule has 0 aromatic heterocycles. The third-order valence-corrected chi connectivity index (χ3v) is 3.82. The number of halogens is 1. The van der Waals surface area contributed by atoms with E-state index in [4.69, 9.17) is 5.11 Å². The van der Waals surface area contributed by atoms with Crippen LogP contribution in [-0.2, 0) is 14.3 Å². The van der Waals surface area contributed by atoms with Crippen LogP contribution >= 0.6 is 15.9 Å². The van der Waals surface area contributed by atoms with Crippen LogP contribution in [0.3, 0.4) is 0 Å². The average molecular weight is 277 g/mol. The number of carbonyl (C=O) groups is 2. The molecule has 0 amide bonds. The molecule has 1 saturated carbocycles. The van der Waals surface area contributed by atoms with E-state index in [1.807, 2.05) is 6.92 Å². The van der Waals surface area contributed by atoms with E-state index in [0.717, 1.165) is 0 Å². The first-order valence-corrected chi connectivity index (χ1v) is 5.34. The maximum Gasteiger partial charge on any atom is 0.344 e. The van der Waals surface area contributed by atoms with Gasteiger partial charge in [0, 0.05) is 0 Å². The van der Waals surface area contributed by atoms with E-state index < -0.39 is 17.4 Å². The van der Waals surface area contributed by atoms with E-state index in [-0.39, 0.29) is 16.3 Å². The summed E-state index contributed by atoms with van der Waals surface area (Å²) >= 11 is 3.07. The van der Waals surface area contributed by atoms with E-state index in [1.54, 1.807) is 13.0 Å². The number of ether oxygens (including phenoxy) is 1. The predicted molar refractivity (Wildman–Crippen MR) is 57.4 cm³/mol. The molecule has 1 aliphatic carbocycles. The van der Waals surface area contributed by atoms with Crippen molar-refractivity contribution in [3.8, 4) is 0 Å². The largest absolute Gasteiger partial charge is 0.481 e. The number of aliphatic carboxylic acids is 1. The number of methoxy groups -OCH3 is 1. The minimum Gasteiger partial charge on any atom is -0.481 e. The Kier molecular flexibility index (Phi) is 3.23. The Morgan fingerprint density at radius 1 is 1.53 bits per heavy atom. The molecule has 0 saturated heterocycles. The Morgan fingerprint density at radius 3 is 2.40 bits per heavy atom. The standard InChI is InChI=1S/C10H13BrO4/c1-5-6(10(5,2)9(13)14)4-7(11)8(12)15-3/h4-6H,1-3H3,(H,13,14)/b7-4+. The Balaban J connectivity index is 2.79. The van der Waals surface area contributed by atoms with Crippen LogP contribution in [0.2, 0.25) is 0 Å². The van der Waals surface area contributed by atoms with Crippen LogP contribution in [0.5, 0.6) is 0 Å². The molecule has 3 unspecified atom stereocenters. The molecule has 3 atom stereocenters. The molecule has 5 heteroatoms. The van der Waals surface area contributed by atoms with Gasteiger partial charge in [-0.3, -0.25) is 4.79 Å². The third kappa shape index (κ3) is 1.93. The average Bonchev–Trinajstić information content (AvgIpc) is 2.71. The van der Waals surface area contributed by atoms with Crippen molar-refractivity contribution in [1.29, 1.82) is 0 Å². The first-order chi connectivity index (χ1) is 6.85. The maximum absolute atomic E-state index is 11.1. The summed E-state index contributed by atoms with van der Waals surface area (Å²) in [4.78, 5) is 22.0. The smallest absolute Gasteiger partial charge is 0.344 e. The second kappa shape index (κ2) is 3.96. The maximum atomic E-state index is 11.1. The summed E-state index contributed by atoms with van der Waals surface area (Å²) in [6, 6.07) is 0. The zero-order valence-electron chi connectivity index (χ0n) is 8.78. The van der Waals surface area contributed by atoms with Crippen molar-refractivity contribution in [2.75, 3.05) is 7.11 Å². The van der Waals surface area contributed by atoms with Crippen molar-refractivity contribution < 1.29 is 19.4 Å². The summed E-state index contributed by atoms with van der Waals surface area (Å²) in [6.07, 6.45) is 1.62. The first-order valence-electron chi connectivity index (χ1n) is 4.54. The lowest BCUT2D eigenvalue weighted by Gasteiger charge is -2.02. The van der Waals surface area contributed by atoms with Gasteiger partial charge in [-0.05, 0) is 34.7 Å². The minimum atomic E-state index is -0.832. The fourth-order valence-electron chi connectivity index (χ4n) is 1.75. The fraction of sp³-hybridized carbons (Fsp3) is 0.600. The first kappa shape index (κ1) is 12.2. The lowest BCUT2D eigenvalue weighted by molar-refractivity contribution is -0.143. The Bertz CT molecular complexity index is 336. The molecule has 4 nitrogen and oxygen atoms in total. The Hall–Kier alpha value is -0.840. The number of allylic oxidation sites excluding steroid dienone is 1. The summed E-state index contributed by atoms with van der Waals surface area (Å²) in [5.41, 5.74) is -0.757. The van der Waals surface area contributed by atoms with Gasteiger partial charge in [0.05, 0.1) is 17.0 Å². The molecular weight excluding hydrogens is 264 g/mol. The molecule has 1 aliphatic rings. The molecule has 15 heavy (non-hydrogen) atoms. The number of rotatable bonds is 3. The molecule has 0 heterocycles. The van der Waals surface area contributed by atoms with Crippen LogP contribution in [0.15, 0.2) is 10.6 Å². The molecule has 0 aliphatic heterocycles. The van der Waals surface area contributed by atoms with Crippen molar-refractivity contribution in [2.24, 2.45) is 17.3 Å². The van der Waals surface area contributed by atoms with E-state index in [0.29, 0.717) is 0 Å². The number of hydrogen-bond donors (Lipinski definition) is 1. The molecule has 0 spiro atoms. The predicted octanol–water partition coefficient (Wildman–Crippen LogP) is 1.79. The molecule has 0 aromatic rings. The summed E-state index contributed by atoms with van der Waals surface area (Å²) in [6.45, 7) is 3.53. The van der Waals surface area contributed by atoms with Crippen LogP contribution in [0, 0.1) is 17.3 Å². The number of carbonyl (C=O) groups excluding carboxylic acids is 1. The number of carboxylic acids is 1. The highest BCUT2D eigenvalue weighted by Gasteiger charge is 2.63. The van der Waals surface area contributed by atoms with Gasteiger partial charge < -0.3 is 9.84 Å². The van der Waals surface area contributed by atoms with Gasteiger partial charge in [-0.1, -0.05) is 13.0 Å². The van der Waals surface area contributed by atoms with Gasteiger partial charge in [0.25, 0.3) is 0 Å². The van der Waals surface area contributed by atoms with E-state index >= 15 is 0 Å². The van der Waals surface area contributed by atoms with Crippen molar-refractivity contribution in [2.45, 2.75) is 13.8 Å². The molecule has 0 bridgehead atoms. The monoisotopic (exact) mass is 276 g/mol. The van der Waals surface area contributed by atoms with Gasteiger partial charge in [0.2, 0.25) is 0 Å². The van der Waals surface area contributed by atoms with Gasteiger partial charge in [0.1, 0.15) is 0 Å². The molecule has 1 rings (SSSR count). The van der Waals surface area contributed by atoms with Crippen LogP contribution < -0.4 is 0 Å². The van der Waals surface area contributed by atoms with E-state index in [1.165, 1.54) is 7.11 Å². The van der Waals surface area contributed by atoms with Gasteiger partial charge in [0.15, 0.2) is 0 Å². The van der Waals surface area contributed by atoms with Gasteiger partial charge in [-0.2, -0.15) is 0 Å². The molecular formula is C10H13BrO4. The number of carboxylic acid groups (broad SMARTS) is 1. The van der Waals surface area contributed by atoms with Gasteiger partial charge >= 0.3 is 11.9 Å². The molecule has 1 fully saturated rings. The minimum absolute atomic E-state index is 0.0345. The zero-order chi connectivity index (χ0) is 11.8. The summed E-state index contributed by atoms with van der Waals surface area (Å²) in [5.74, 6) is -1.40. The highest BCUT2D eigenvalue weighted by atomic mass is 79.9. The summed E-state index contributed by atoms with van der Waals surface area (Å²) < 4.78 is 4.79. The number of hydrogen-bond acceptors (Lipinski definition) is 3. The number of esters is 1.